The molecule has 12 rings (SSSR count). The van der Waals surface area contributed by atoms with Crippen LogP contribution in [0.1, 0.15) is 107 Å². The molecule has 320 valence electrons. The lowest BCUT2D eigenvalue weighted by Gasteiger charge is -2.40. The van der Waals surface area contributed by atoms with Crippen LogP contribution in [0.25, 0.3) is 22.6 Å². The van der Waals surface area contributed by atoms with Crippen molar-refractivity contribution in [3.8, 4) is 0 Å². The average Bonchev–Trinajstić information content (AvgIpc) is 3.92. The van der Waals surface area contributed by atoms with Gasteiger partial charge in [0.05, 0.1) is 5.57 Å². The Bertz CT molecular complexity index is 2820. The first kappa shape index (κ1) is 40.2. The highest BCUT2D eigenvalue weighted by molar-refractivity contribution is 8.04. The van der Waals surface area contributed by atoms with Crippen LogP contribution in [-0.4, -0.2) is 16.7 Å². The number of thioether (sulfide) groups is 2. The van der Waals surface area contributed by atoms with Gasteiger partial charge >= 0.3 is 0 Å². The summed E-state index contributed by atoms with van der Waals surface area (Å²) in [4.78, 5) is 3.01. The fourth-order valence-corrected chi connectivity index (χ4v) is 16.2. The fourth-order valence-electron chi connectivity index (χ4n) is 12.7. The third-order valence-corrected chi connectivity index (χ3v) is 19.6. The van der Waals surface area contributed by atoms with Gasteiger partial charge in [-0.2, -0.15) is 0 Å². The first-order chi connectivity index (χ1) is 30.6. The van der Waals surface area contributed by atoms with Crippen LogP contribution in [0.15, 0.2) is 158 Å². The molecule has 6 heteroatoms. The summed E-state index contributed by atoms with van der Waals surface area (Å²) >= 11 is 4.29. The number of hydrogen-bond acceptors (Lipinski definition) is 4. The summed E-state index contributed by atoms with van der Waals surface area (Å²) in [5.41, 5.74) is 15.4. The van der Waals surface area contributed by atoms with Crippen molar-refractivity contribution in [2.45, 2.75) is 107 Å². The largest absolute Gasteiger partial charge is 0.456 e. The molecule has 0 saturated carbocycles. The molecule has 1 fully saturated rings. The highest BCUT2D eigenvalue weighted by atomic mass is 32.2. The summed E-state index contributed by atoms with van der Waals surface area (Å²) in [6.45, 7) is 14.7. The van der Waals surface area contributed by atoms with Crippen molar-refractivity contribution in [3.05, 3.63) is 182 Å². The van der Waals surface area contributed by atoms with E-state index in [1.807, 2.05) is 0 Å². The zero-order chi connectivity index (χ0) is 42.8. The van der Waals surface area contributed by atoms with Gasteiger partial charge in [0.1, 0.15) is 11.3 Å². The summed E-state index contributed by atoms with van der Waals surface area (Å²) in [5, 5.41) is 11.2. The molecule has 3 aliphatic heterocycles. The Morgan fingerprint density at radius 1 is 0.762 bits per heavy atom. The van der Waals surface area contributed by atoms with Gasteiger partial charge in [-0.05, 0) is 101 Å². The Morgan fingerprint density at radius 3 is 2.43 bits per heavy atom. The molecule has 4 heterocycles. The second-order valence-corrected chi connectivity index (χ2v) is 22.9. The van der Waals surface area contributed by atoms with E-state index in [9.17, 15) is 0 Å². The molecule has 11 unspecified atom stereocenters. The number of benzene rings is 3. The maximum Gasteiger partial charge on any atom is 0.239 e. The molecule has 1 aromatic heterocycles. The van der Waals surface area contributed by atoms with E-state index >= 15 is 0 Å². The SMILES string of the molecule is CC1C=C(C2[NH2+]C(c3ccccc3)NC(c3ccc4c5c(oc4c3)C=C(c3cccc4c3SC3C(C6=CC7=C(CC6C)C6(C)C=CCC(C)C6S7)=CC=CC43C)C(C)C5)[NH2+]2)C=CC1. The van der Waals surface area contributed by atoms with Crippen molar-refractivity contribution in [1.82, 2.24) is 5.32 Å². The fraction of sp³-hybridized carbons (Fsp3) is 0.368. The topological polar surface area (TPSA) is 58.4 Å². The molecule has 0 spiro atoms. The molecular weight excluding hydrogens is 807 g/mol. The standard InChI is InChI=1S/C57H59N3OS2/c1-32-14-10-18-37(26-32)54-58-53(36-16-8-7-9-17-36)59-55(60-54)38-22-23-39-44-27-34(3)42(30-48(44)61-47(39)29-38)40-19-11-21-45-50(40)63-52-41(20-13-25-56(45,52)5)43-31-49-46(28-35(43)4)57(6)24-12-15-33(2)51(57)62-49/h7-13,16-26,29-35,51-55,58-60H,14-15,27-28H2,1-6H3/p+2. The summed E-state index contributed by atoms with van der Waals surface area (Å²) in [6, 6.07) is 25.0. The number of nitrogens with one attached hydrogen (secondary N) is 1. The second-order valence-electron chi connectivity index (χ2n) is 20.6. The molecule has 0 radical (unpaired) electrons. The first-order valence-corrected chi connectivity index (χ1v) is 25.5. The third-order valence-electron chi connectivity index (χ3n) is 16.2. The van der Waals surface area contributed by atoms with Crippen LogP contribution in [-0.2, 0) is 11.8 Å². The van der Waals surface area contributed by atoms with Gasteiger partial charge in [0, 0.05) is 53.2 Å². The highest BCUT2D eigenvalue weighted by Gasteiger charge is 2.51. The molecule has 0 amide bonds. The maximum atomic E-state index is 6.92. The van der Waals surface area contributed by atoms with Gasteiger partial charge in [-0.15, -0.1) is 23.5 Å². The second kappa shape index (κ2) is 15.1. The summed E-state index contributed by atoms with van der Waals surface area (Å²) < 4.78 is 6.92. The normalized spacial score (nSPS) is 35.3. The Labute approximate surface area is 382 Å². The van der Waals surface area contributed by atoms with Crippen LogP contribution in [0.4, 0.5) is 0 Å². The number of rotatable bonds is 5. The third kappa shape index (κ3) is 6.44. The van der Waals surface area contributed by atoms with E-state index in [2.05, 4.69) is 209 Å². The molecule has 4 aromatic rings. The van der Waals surface area contributed by atoms with Crippen LogP contribution in [0.3, 0.4) is 0 Å². The molecule has 5 aliphatic carbocycles. The van der Waals surface area contributed by atoms with Crippen molar-refractivity contribution < 1.29 is 15.1 Å². The Morgan fingerprint density at radius 2 is 1.59 bits per heavy atom. The molecule has 1 saturated heterocycles. The molecule has 63 heavy (non-hydrogen) atoms. The van der Waals surface area contributed by atoms with E-state index in [0.717, 1.165) is 30.6 Å². The first-order valence-electron chi connectivity index (χ1n) is 23.7. The predicted molar refractivity (Wildman–Crippen MR) is 263 cm³/mol. The number of allylic oxidation sites excluding steroid dienone is 11. The van der Waals surface area contributed by atoms with E-state index in [1.165, 1.54) is 61.2 Å². The van der Waals surface area contributed by atoms with Crippen molar-refractivity contribution in [3.63, 3.8) is 0 Å². The summed E-state index contributed by atoms with van der Waals surface area (Å²) in [7, 11) is 0. The van der Waals surface area contributed by atoms with Gasteiger partial charge in [0.25, 0.3) is 0 Å². The highest BCUT2D eigenvalue weighted by Crippen LogP contribution is 2.63. The smallest absolute Gasteiger partial charge is 0.239 e. The molecule has 3 aromatic carbocycles. The molecule has 8 aliphatic rings. The van der Waals surface area contributed by atoms with Crippen molar-refractivity contribution in [2.24, 2.45) is 29.1 Å². The maximum absolute atomic E-state index is 6.92. The van der Waals surface area contributed by atoms with Gasteiger partial charge in [-0.3, -0.25) is 10.6 Å². The zero-order valence-electron chi connectivity index (χ0n) is 37.5. The van der Waals surface area contributed by atoms with Crippen LogP contribution in [0, 0.1) is 29.1 Å². The predicted octanol–water partition coefficient (Wildman–Crippen LogP) is 11.6. The summed E-state index contributed by atoms with van der Waals surface area (Å²) in [5.74, 6) is 3.16. The minimum Gasteiger partial charge on any atom is -0.456 e. The monoisotopic (exact) mass is 867 g/mol. The minimum atomic E-state index is -0.0722. The zero-order valence-corrected chi connectivity index (χ0v) is 39.2. The van der Waals surface area contributed by atoms with Crippen molar-refractivity contribution in [2.75, 3.05) is 0 Å². The minimum absolute atomic E-state index is 0.0722. The lowest BCUT2D eigenvalue weighted by Crippen LogP contribution is -3.18. The van der Waals surface area contributed by atoms with Gasteiger partial charge in [-0.1, -0.05) is 151 Å². The van der Waals surface area contributed by atoms with E-state index in [1.54, 1.807) is 16.1 Å². The molecule has 5 N–H and O–H groups in total. The van der Waals surface area contributed by atoms with E-state index in [-0.39, 0.29) is 29.3 Å². The number of hydrogen-bond donors (Lipinski definition) is 3. The average molecular weight is 868 g/mol. The van der Waals surface area contributed by atoms with Crippen LogP contribution in [0.2, 0.25) is 0 Å². The van der Waals surface area contributed by atoms with Gasteiger partial charge in [0.15, 0.2) is 12.3 Å². The van der Waals surface area contributed by atoms with E-state index < -0.39 is 0 Å². The van der Waals surface area contributed by atoms with Gasteiger partial charge in [0.2, 0.25) is 6.17 Å². The van der Waals surface area contributed by atoms with Crippen LogP contribution < -0.4 is 16.0 Å². The van der Waals surface area contributed by atoms with Crippen molar-refractivity contribution >= 4 is 46.1 Å². The van der Waals surface area contributed by atoms with E-state index in [4.69, 9.17) is 4.42 Å². The van der Waals surface area contributed by atoms with Gasteiger partial charge < -0.3 is 4.42 Å². The lowest BCUT2D eigenvalue weighted by molar-refractivity contribution is -0.956. The number of furan rings is 1. The number of quaternary nitrogens is 2. The van der Waals surface area contributed by atoms with Crippen LogP contribution in [0.5, 0.6) is 0 Å². The van der Waals surface area contributed by atoms with E-state index in [0.29, 0.717) is 34.2 Å². The quantitative estimate of drug-likeness (QED) is 0.175. The van der Waals surface area contributed by atoms with Crippen LogP contribution >= 0.6 is 23.5 Å². The molecule has 4 nitrogen and oxygen atoms in total. The lowest BCUT2D eigenvalue weighted by atomic mass is 9.65. The Hall–Kier alpha value is -4.30. The van der Waals surface area contributed by atoms with Gasteiger partial charge in [-0.25, -0.2) is 5.32 Å². The number of nitrogens with two attached hydrogens (primary N) is 2. The molecular formula is C57H61N3OS2+2. The molecule has 11 atom stereocenters. The summed E-state index contributed by atoms with van der Waals surface area (Å²) in [6.07, 6.45) is 29.5. The molecule has 0 bridgehead atoms. The Balaban J connectivity index is 0.857. The number of fused-ring (bicyclic) bond motifs is 8. The Kier molecular flexibility index (Phi) is 9.67. The van der Waals surface area contributed by atoms with Crippen molar-refractivity contribution in [1.29, 1.82) is 0 Å².